The molecule has 1 aliphatic rings. The van der Waals surface area contributed by atoms with Crippen LogP contribution < -0.4 is 29.6 Å². The van der Waals surface area contributed by atoms with Crippen molar-refractivity contribution in [2.24, 2.45) is 11.8 Å². The van der Waals surface area contributed by atoms with Crippen LogP contribution in [0, 0.1) is 11.8 Å². The van der Waals surface area contributed by atoms with Crippen molar-refractivity contribution in [3.63, 3.8) is 0 Å². The Hall–Kier alpha value is 0.830. The molecule has 1 fully saturated rings. The summed E-state index contributed by atoms with van der Waals surface area (Å²) in [7, 11) is -4.65. The fourth-order valence-corrected chi connectivity index (χ4v) is 3.79. The third-order valence-electron chi connectivity index (χ3n) is 2.76. The predicted octanol–water partition coefficient (Wildman–Crippen LogP) is -2.15. The summed E-state index contributed by atoms with van der Waals surface area (Å²) in [5.41, 5.74) is 0. The van der Waals surface area contributed by atoms with Gasteiger partial charge in [-0.05, 0) is 36.0 Å². The molecule has 1 aliphatic carbocycles. The van der Waals surface area contributed by atoms with Gasteiger partial charge in [0.25, 0.3) is 0 Å². The monoisotopic (exact) mass is 310 g/mol. The summed E-state index contributed by atoms with van der Waals surface area (Å²) < 4.78 is 32.8. The number of rotatable bonds is 3. The van der Waals surface area contributed by atoms with Gasteiger partial charge in [-0.2, -0.15) is 0 Å². The van der Waals surface area contributed by atoms with Gasteiger partial charge in [-0.3, -0.25) is 9.59 Å². The molecule has 3 unspecified atom stereocenters. The third-order valence-corrected chi connectivity index (χ3v) is 4.56. The molecule has 0 heterocycles. The second kappa shape index (κ2) is 6.84. The molecule has 17 heavy (non-hydrogen) atoms. The molecule has 0 amide bonds. The first-order valence-electron chi connectivity index (χ1n) is 4.58. The van der Waals surface area contributed by atoms with Crippen LogP contribution in [0.15, 0.2) is 0 Å². The molecule has 1 rings (SSSR count). The minimum Gasteiger partial charge on any atom is -0.748 e. The molecule has 5 nitrogen and oxygen atoms in total. The van der Waals surface area contributed by atoms with Gasteiger partial charge in [-0.15, -0.1) is 0 Å². The van der Waals surface area contributed by atoms with Crippen LogP contribution in [0.4, 0.5) is 0 Å². The smallest absolute Gasteiger partial charge is 0.748 e. The molecule has 9 heteroatoms. The summed E-state index contributed by atoms with van der Waals surface area (Å²) in [6, 6.07) is 0. The van der Waals surface area contributed by atoms with Gasteiger partial charge in [-0.25, -0.2) is 8.42 Å². The van der Waals surface area contributed by atoms with E-state index in [4.69, 9.17) is 23.2 Å². The van der Waals surface area contributed by atoms with E-state index in [1.165, 1.54) is 0 Å². The number of carbonyl (C=O) groups is 2. The van der Waals surface area contributed by atoms with Gasteiger partial charge in [0.2, 0.25) is 10.5 Å². The first-order chi connectivity index (χ1) is 7.25. The van der Waals surface area contributed by atoms with Crippen molar-refractivity contribution in [3.8, 4) is 0 Å². The Bertz CT molecular complexity index is 410. The summed E-state index contributed by atoms with van der Waals surface area (Å²) in [5.74, 6) is -2.29. The van der Waals surface area contributed by atoms with Crippen LogP contribution >= 0.6 is 23.2 Å². The fraction of sp³-hybridized carbons (Fsp3) is 0.750. The van der Waals surface area contributed by atoms with Gasteiger partial charge >= 0.3 is 29.6 Å². The van der Waals surface area contributed by atoms with Gasteiger partial charge in [-0.1, -0.05) is 6.42 Å². The zero-order valence-electron chi connectivity index (χ0n) is 9.06. The Balaban J connectivity index is 0.00000256. The van der Waals surface area contributed by atoms with E-state index in [0.717, 1.165) is 0 Å². The third kappa shape index (κ3) is 4.45. The summed E-state index contributed by atoms with van der Waals surface area (Å²) in [4.78, 5) is 22.2. The maximum absolute atomic E-state index is 11.1. The Kier molecular flexibility index (Phi) is 7.17. The molecule has 0 aromatic rings. The Morgan fingerprint density at radius 1 is 1.12 bits per heavy atom. The van der Waals surface area contributed by atoms with Crippen molar-refractivity contribution in [3.05, 3.63) is 0 Å². The van der Waals surface area contributed by atoms with E-state index in [9.17, 15) is 22.6 Å². The van der Waals surface area contributed by atoms with E-state index in [0.29, 0.717) is 6.42 Å². The van der Waals surface area contributed by atoms with E-state index >= 15 is 0 Å². The molecule has 0 aromatic carbocycles. The van der Waals surface area contributed by atoms with Gasteiger partial charge < -0.3 is 4.55 Å². The maximum atomic E-state index is 11.1. The van der Waals surface area contributed by atoms with Crippen LogP contribution in [0.25, 0.3) is 0 Å². The molecule has 0 bridgehead atoms. The molecule has 3 atom stereocenters. The molecule has 0 N–H and O–H groups in total. The van der Waals surface area contributed by atoms with Crippen molar-refractivity contribution in [1.82, 2.24) is 0 Å². The van der Waals surface area contributed by atoms with Crippen molar-refractivity contribution in [1.29, 1.82) is 0 Å². The molecule has 0 saturated heterocycles. The summed E-state index contributed by atoms with van der Waals surface area (Å²) in [6.07, 6.45) is 0.670. The van der Waals surface area contributed by atoms with Gasteiger partial charge in [0.15, 0.2) is 0 Å². The first-order valence-corrected chi connectivity index (χ1v) is 6.81. The van der Waals surface area contributed by atoms with Crippen LogP contribution in [-0.4, -0.2) is 28.7 Å². The van der Waals surface area contributed by atoms with Gasteiger partial charge in [0.1, 0.15) is 0 Å². The number of hydrogen-bond acceptors (Lipinski definition) is 5. The van der Waals surface area contributed by atoms with E-state index < -0.39 is 37.7 Å². The zero-order chi connectivity index (χ0) is 12.5. The van der Waals surface area contributed by atoms with Crippen LogP contribution in [0.3, 0.4) is 0 Å². The van der Waals surface area contributed by atoms with Crippen molar-refractivity contribution >= 4 is 43.8 Å². The molecule has 0 aromatic heterocycles. The molecule has 0 aliphatic heterocycles. The number of hydrogen-bond donors (Lipinski definition) is 0. The van der Waals surface area contributed by atoms with Crippen LogP contribution in [0.1, 0.15) is 19.3 Å². The second-order valence-corrected chi connectivity index (χ2v) is 6.04. The summed E-state index contributed by atoms with van der Waals surface area (Å²) >= 11 is 10.5. The standard InChI is InChI=1S/C8H10Cl2O5S.Na/c9-7(11)4-2-1-3-5(16(13,14)15)6(4)8(10)12;/h4-6H,1-3H2,(H,13,14,15);/q;+1/p-1. The van der Waals surface area contributed by atoms with Crippen LogP contribution in [0.5, 0.6) is 0 Å². The number of carbonyl (C=O) groups excluding carboxylic acids is 2. The Morgan fingerprint density at radius 2 is 1.65 bits per heavy atom. The molecular weight excluding hydrogens is 302 g/mol. The number of halogens is 2. The minimum absolute atomic E-state index is 0. The molecular formula is C8H9Cl2NaO5S. The molecule has 92 valence electrons. The molecule has 1 saturated carbocycles. The van der Waals surface area contributed by atoms with E-state index in [2.05, 4.69) is 0 Å². The van der Waals surface area contributed by atoms with E-state index in [-0.39, 0.29) is 42.4 Å². The average molecular weight is 311 g/mol. The van der Waals surface area contributed by atoms with Crippen molar-refractivity contribution in [2.45, 2.75) is 24.5 Å². The van der Waals surface area contributed by atoms with Gasteiger partial charge in [0.05, 0.1) is 21.3 Å². The summed E-state index contributed by atoms with van der Waals surface area (Å²) in [6.45, 7) is 0. The van der Waals surface area contributed by atoms with Crippen LogP contribution in [-0.2, 0) is 19.7 Å². The fourth-order valence-electron chi connectivity index (χ4n) is 2.04. The quantitative estimate of drug-likeness (QED) is 0.337. The van der Waals surface area contributed by atoms with Crippen molar-refractivity contribution < 1.29 is 52.1 Å². The predicted molar refractivity (Wildman–Crippen MR) is 56.0 cm³/mol. The second-order valence-electron chi connectivity index (χ2n) is 3.70. The largest absolute Gasteiger partial charge is 1.00 e. The molecule has 0 radical (unpaired) electrons. The Morgan fingerprint density at radius 3 is 2.00 bits per heavy atom. The maximum Gasteiger partial charge on any atom is 1.00 e. The average Bonchev–Trinajstić information content (AvgIpc) is 2.14. The minimum atomic E-state index is -4.65. The van der Waals surface area contributed by atoms with Crippen LogP contribution in [0.2, 0.25) is 0 Å². The van der Waals surface area contributed by atoms with E-state index in [1.54, 1.807) is 0 Å². The van der Waals surface area contributed by atoms with E-state index in [1.807, 2.05) is 0 Å². The SMILES string of the molecule is O=C(Cl)C1CCCC(S(=O)(=O)[O-])C1C(=O)Cl.[Na+]. The van der Waals surface area contributed by atoms with Crippen molar-refractivity contribution in [2.75, 3.05) is 0 Å². The first kappa shape index (κ1) is 17.8. The Labute approximate surface area is 131 Å². The topological polar surface area (TPSA) is 91.3 Å². The summed E-state index contributed by atoms with van der Waals surface area (Å²) in [5, 5.41) is -3.27. The zero-order valence-corrected chi connectivity index (χ0v) is 13.4. The van der Waals surface area contributed by atoms with Gasteiger partial charge in [0, 0.05) is 5.92 Å². The molecule has 0 spiro atoms. The normalized spacial score (nSPS) is 29.2.